The molecule has 0 aromatic heterocycles. The highest BCUT2D eigenvalue weighted by Gasteiger charge is 2.26. The minimum absolute atomic E-state index is 0.491. The molecule has 0 atom stereocenters. The molecule has 0 spiro atoms. The molecule has 0 amide bonds. The van der Waals surface area contributed by atoms with E-state index in [0.717, 1.165) is 0 Å². The molecule has 6 nitrogen and oxygen atoms in total. The van der Waals surface area contributed by atoms with Gasteiger partial charge >= 0.3 is 0 Å². The van der Waals surface area contributed by atoms with Gasteiger partial charge < -0.3 is 24.9 Å². The molecular weight excluding hydrogens is 166 g/mol. The standard InChI is InChI=1S/C6H13NO5/c1-12-6(3-8,4-9)7-2-5(10)11/h7-9H,2-4H2,1H3,(H,10,11)/p-1. The molecule has 0 aliphatic carbocycles. The Kier molecular flexibility index (Phi) is 4.75. The fourth-order valence-electron chi connectivity index (χ4n) is 0.596. The Morgan fingerprint density at radius 2 is 2.08 bits per heavy atom. The van der Waals surface area contributed by atoms with Gasteiger partial charge in [0.25, 0.3) is 0 Å². The van der Waals surface area contributed by atoms with Gasteiger partial charge in [0.1, 0.15) is 0 Å². The number of carboxylic acid groups (broad SMARTS) is 1. The van der Waals surface area contributed by atoms with Crippen molar-refractivity contribution in [1.29, 1.82) is 0 Å². The molecule has 0 aliphatic heterocycles. The second-order valence-corrected chi connectivity index (χ2v) is 2.24. The second kappa shape index (κ2) is 5.04. The lowest BCUT2D eigenvalue weighted by atomic mass is 10.2. The molecule has 72 valence electrons. The van der Waals surface area contributed by atoms with Gasteiger partial charge in [0.2, 0.25) is 0 Å². The maximum atomic E-state index is 10.0. The molecule has 0 fully saturated rings. The number of carbonyl (C=O) groups excluding carboxylic acids is 1. The molecule has 0 saturated carbocycles. The van der Waals surface area contributed by atoms with Crippen LogP contribution in [0, 0.1) is 0 Å². The third-order valence-electron chi connectivity index (χ3n) is 1.46. The fourth-order valence-corrected chi connectivity index (χ4v) is 0.596. The van der Waals surface area contributed by atoms with Gasteiger partial charge in [0.15, 0.2) is 5.72 Å². The molecule has 0 bridgehead atoms. The van der Waals surface area contributed by atoms with Crippen LogP contribution in [-0.2, 0) is 9.53 Å². The molecule has 0 radical (unpaired) electrons. The van der Waals surface area contributed by atoms with Crippen molar-refractivity contribution in [2.24, 2.45) is 0 Å². The molecule has 0 heterocycles. The zero-order chi connectivity index (χ0) is 9.61. The van der Waals surface area contributed by atoms with Crippen LogP contribution in [0.4, 0.5) is 0 Å². The summed E-state index contributed by atoms with van der Waals surface area (Å²) in [6.07, 6.45) is 0. The van der Waals surface area contributed by atoms with Crippen LogP contribution < -0.4 is 10.4 Å². The summed E-state index contributed by atoms with van der Waals surface area (Å²) in [5.41, 5.74) is -1.40. The van der Waals surface area contributed by atoms with E-state index in [1.807, 2.05) is 0 Å². The number of carbonyl (C=O) groups is 1. The third kappa shape index (κ3) is 3.14. The van der Waals surface area contributed by atoms with Crippen LogP contribution in [0.25, 0.3) is 0 Å². The Morgan fingerprint density at radius 3 is 2.33 bits per heavy atom. The fraction of sp³-hybridized carbons (Fsp3) is 0.833. The topological polar surface area (TPSA) is 102 Å². The summed E-state index contributed by atoms with van der Waals surface area (Å²) in [5.74, 6) is -1.33. The SMILES string of the molecule is COC(CO)(CO)NCC(=O)[O-]. The zero-order valence-corrected chi connectivity index (χ0v) is 6.74. The van der Waals surface area contributed by atoms with Crippen LogP contribution in [0.3, 0.4) is 0 Å². The predicted octanol–water partition coefficient (Wildman–Crippen LogP) is -3.35. The largest absolute Gasteiger partial charge is 0.549 e. The molecule has 6 heteroatoms. The van der Waals surface area contributed by atoms with Gasteiger partial charge in [-0.3, -0.25) is 5.32 Å². The maximum absolute atomic E-state index is 10.0. The quantitative estimate of drug-likeness (QED) is 0.367. The number of hydrogen-bond donors (Lipinski definition) is 3. The molecule has 12 heavy (non-hydrogen) atoms. The van der Waals surface area contributed by atoms with Gasteiger partial charge in [-0.25, -0.2) is 0 Å². The monoisotopic (exact) mass is 178 g/mol. The second-order valence-electron chi connectivity index (χ2n) is 2.24. The van der Waals surface area contributed by atoms with Crippen molar-refractivity contribution in [2.75, 3.05) is 26.9 Å². The van der Waals surface area contributed by atoms with Gasteiger partial charge in [-0.1, -0.05) is 0 Å². The number of carboxylic acids is 1. The van der Waals surface area contributed by atoms with Crippen molar-refractivity contribution in [3.05, 3.63) is 0 Å². The number of aliphatic hydroxyl groups is 2. The summed E-state index contributed by atoms with van der Waals surface area (Å²) in [4.78, 5) is 10.0. The van der Waals surface area contributed by atoms with Crippen molar-refractivity contribution >= 4 is 5.97 Å². The van der Waals surface area contributed by atoms with Crippen molar-refractivity contribution in [3.63, 3.8) is 0 Å². The van der Waals surface area contributed by atoms with Gasteiger partial charge in [-0.2, -0.15) is 0 Å². The lowest BCUT2D eigenvalue weighted by Gasteiger charge is -2.29. The first-order valence-electron chi connectivity index (χ1n) is 3.32. The molecule has 0 unspecified atom stereocenters. The summed E-state index contributed by atoms with van der Waals surface area (Å²) in [5, 5.41) is 29.8. The highest BCUT2D eigenvalue weighted by Crippen LogP contribution is 2.01. The van der Waals surface area contributed by atoms with E-state index < -0.39 is 31.5 Å². The van der Waals surface area contributed by atoms with Crippen LogP contribution >= 0.6 is 0 Å². The van der Waals surface area contributed by atoms with Crippen molar-refractivity contribution < 1.29 is 24.9 Å². The van der Waals surface area contributed by atoms with E-state index >= 15 is 0 Å². The number of nitrogens with one attached hydrogen (secondary N) is 1. The summed E-state index contributed by atoms with van der Waals surface area (Å²) >= 11 is 0. The van der Waals surface area contributed by atoms with E-state index in [0.29, 0.717) is 0 Å². The van der Waals surface area contributed by atoms with Gasteiger partial charge in [0.05, 0.1) is 19.2 Å². The normalized spacial score (nSPS) is 11.6. The van der Waals surface area contributed by atoms with E-state index in [-0.39, 0.29) is 0 Å². The number of ether oxygens (including phenoxy) is 1. The summed E-state index contributed by atoms with van der Waals surface area (Å²) in [6.45, 7) is -1.53. The van der Waals surface area contributed by atoms with Gasteiger partial charge in [-0.15, -0.1) is 0 Å². The van der Waals surface area contributed by atoms with Crippen LogP contribution in [0.15, 0.2) is 0 Å². The van der Waals surface area contributed by atoms with Crippen LogP contribution in [0.2, 0.25) is 0 Å². The lowest BCUT2D eigenvalue weighted by Crippen LogP contribution is -2.56. The van der Waals surface area contributed by atoms with Crippen molar-refractivity contribution in [2.45, 2.75) is 5.72 Å². The molecule has 3 N–H and O–H groups in total. The minimum Gasteiger partial charge on any atom is -0.549 e. The summed E-state index contributed by atoms with van der Waals surface area (Å²) in [7, 11) is 1.24. The minimum atomic E-state index is -1.40. The molecule has 0 aromatic rings. The highest BCUT2D eigenvalue weighted by atomic mass is 16.5. The predicted molar refractivity (Wildman–Crippen MR) is 36.9 cm³/mol. The summed E-state index contributed by atoms with van der Waals surface area (Å²) in [6, 6.07) is 0. The van der Waals surface area contributed by atoms with E-state index in [1.54, 1.807) is 0 Å². The molecule has 0 aliphatic rings. The number of hydrogen-bond acceptors (Lipinski definition) is 6. The van der Waals surface area contributed by atoms with Crippen molar-refractivity contribution in [1.82, 2.24) is 5.32 Å². The number of aliphatic hydroxyl groups excluding tert-OH is 2. The van der Waals surface area contributed by atoms with Crippen LogP contribution in [0.1, 0.15) is 0 Å². The Balaban J connectivity index is 4.01. The van der Waals surface area contributed by atoms with Gasteiger partial charge in [-0.05, 0) is 0 Å². The Bertz CT molecular complexity index is 137. The average molecular weight is 178 g/mol. The first kappa shape index (κ1) is 11.3. The highest BCUT2D eigenvalue weighted by molar-refractivity contribution is 5.66. The molecule has 0 rings (SSSR count). The third-order valence-corrected chi connectivity index (χ3v) is 1.46. The Morgan fingerprint density at radius 1 is 1.58 bits per heavy atom. The van der Waals surface area contributed by atoms with E-state index in [9.17, 15) is 9.90 Å². The van der Waals surface area contributed by atoms with Crippen LogP contribution in [0.5, 0.6) is 0 Å². The summed E-state index contributed by atoms with van der Waals surface area (Å²) < 4.78 is 4.68. The van der Waals surface area contributed by atoms with Crippen LogP contribution in [-0.4, -0.2) is 48.8 Å². The molecule has 0 saturated heterocycles. The average Bonchev–Trinajstić information content (AvgIpc) is 2.08. The van der Waals surface area contributed by atoms with Crippen molar-refractivity contribution in [3.8, 4) is 0 Å². The lowest BCUT2D eigenvalue weighted by molar-refractivity contribution is -0.305. The number of aliphatic carboxylic acids is 1. The molecular formula is C6H12NO5-. The van der Waals surface area contributed by atoms with Gasteiger partial charge in [0, 0.05) is 13.7 Å². The Labute approximate surface area is 69.8 Å². The van der Waals surface area contributed by atoms with E-state index in [1.165, 1.54) is 7.11 Å². The number of methoxy groups -OCH3 is 1. The maximum Gasteiger partial charge on any atom is 0.165 e. The van der Waals surface area contributed by atoms with E-state index in [2.05, 4.69) is 10.1 Å². The first-order chi connectivity index (χ1) is 5.60. The molecule has 0 aromatic carbocycles. The number of rotatable bonds is 6. The van der Waals surface area contributed by atoms with E-state index in [4.69, 9.17) is 10.2 Å². The smallest absolute Gasteiger partial charge is 0.165 e. The first-order valence-corrected chi connectivity index (χ1v) is 3.32. The Hall–Kier alpha value is -0.690. The zero-order valence-electron chi connectivity index (χ0n) is 6.74.